The lowest BCUT2D eigenvalue weighted by Crippen LogP contribution is -2.51. The van der Waals surface area contributed by atoms with E-state index >= 15 is 0 Å². The molecule has 0 saturated heterocycles. The average molecular weight is 413 g/mol. The lowest BCUT2D eigenvalue weighted by atomic mass is 9.47. The van der Waals surface area contributed by atoms with Crippen molar-refractivity contribution < 1.29 is 9.90 Å². The zero-order valence-corrected chi connectivity index (χ0v) is 20.0. The van der Waals surface area contributed by atoms with E-state index in [2.05, 4.69) is 46.8 Å². The molecule has 0 heterocycles. The summed E-state index contributed by atoms with van der Waals surface area (Å²) in [6, 6.07) is 0. The second kappa shape index (κ2) is 8.23. The molecule has 0 aromatic carbocycles. The molecule has 3 saturated carbocycles. The Labute approximate surface area is 184 Å². The molecule has 0 aromatic heterocycles. The van der Waals surface area contributed by atoms with Crippen molar-refractivity contribution in [2.75, 3.05) is 0 Å². The highest BCUT2D eigenvalue weighted by Gasteiger charge is 2.59. The van der Waals surface area contributed by atoms with E-state index in [1.807, 2.05) is 0 Å². The standard InChI is InChI=1S/C28H44O2/c1-6-18(2)7-12-26(30)19(3)23-10-11-24-22-9-8-20-17-21(29)13-15-27(20,4)25(22)14-16-28(23,24)5/h7-8,19,21-25,29H,6,9-17H2,1-5H3/t19-,21+,22-,23+,24-,25-,27-,28+/m0/s1. The number of carbonyl (C=O) groups is 1. The predicted octanol–water partition coefficient (Wildman–Crippen LogP) is 6.88. The zero-order valence-electron chi connectivity index (χ0n) is 20.0. The number of allylic oxidation sites excluding steroid dienone is 3. The number of rotatable bonds is 5. The van der Waals surface area contributed by atoms with Crippen LogP contribution in [0, 0.1) is 40.4 Å². The summed E-state index contributed by atoms with van der Waals surface area (Å²) in [5, 5.41) is 10.2. The van der Waals surface area contributed by atoms with Gasteiger partial charge in [-0.3, -0.25) is 4.79 Å². The van der Waals surface area contributed by atoms with Crippen LogP contribution in [0.2, 0.25) is 0 Å². The van der Waals surface area contributed by atoms with E-state index in [1.165, 1.54) is 37.7 Å². The molecular weight excluding hydrogens is 368 g/mol. The van der Waals surface area contributed by atoms with Crippen LogP contribution in [0.25, 0.3) is 0 Å². The molecule has 0 unspecified atom stereocenters. The van der Waals surface area contributed by atoms with Gasteiger partial charge in [-0.05, 0) is 99.2 Å². The number of carbonyl (C=O) groups excluding carboxylic acids is 1. The van der Waals surface area contributed by atoms with E-state index in [4.69, 9.17) is 0 Å². The van der Waals surface area contributed by atoms with Crippen molar-refractivity contribution in [1.82, 2.24) is 0 Å². The Balaban J connectivity index is 1.52. The Hall–Kier alpha value is -0.890. The van der Waals surface area contributed by atoms with Gasteiger partial charge in [-0.1, -0.05) is 51.0 Å². The highest BCUT2D eigenvalue weighted by molar-refractivity contribution is 5.82. The van der Waals surface area contributed by atoms with Gasteiger partial charge in [0.05, 0.1) is 6.10 Å². The second-order valence-electron chi connectivity index (χ2n) is 11.7. The fraction of sp³-hybridized carbons (Fsp3) is 0.821. The van der Waals surface area contributed by atoms with Gasteiger partial charge in [0.25, 0.3) is 0 Å². The van der Waals surface area contributed by atoms with Gasteiger partial charge in [-0.25, -0.2) is 0 Å². The van der Waals surface area contributed by atoms with Gasteiger partial charge >= 0.3 is 0 Å². The Morgan fingerprint density at radius 3 is 2.70 bits per heavy atom. The molecule has 4 aliphatic carbocycles. The smallest absolute Gasteiger partial charge is 0.139 e. The summed E-state index contributed by atoms with van der Waals surface area (Å²) >= 11 is 0. The Morgan fingerprint density at radius 2 is 1.97 bits per heavy atom. The largest absolute Gasteiger partial charge is 0.393 e. The molecule has 2 heteroatoms. The maximum atomic E-state index is 13.0. The van der Waals surface area contributed by atoms with Crippen LogP contribution in [-0.4, -0.2) is 17.0 Å². The average Bonchev–Trinajstić information content (AvgIpc) is 3.08. The molecule has 0 aliphatic heterocycles. The fourth-order valence-electron chi connectivity index (χ4n) is 8.33. The van der Waals surface area contributed by atoms with E-state index in [0.29, 0.717) is 29.0 Å². The van der Waals surface area contributed by atoms with Crippen LogP contribution in [0.15, 0.2) is 23.3 Å². The summed E-state index contributed by atoms with van der Waals surface area (Å²) in [5.41, 5.74) is 3.53. The van der Waals surface area contributed by atoms with Crippen molar-refractivity contribution in [3.8, 4) is 0 Å². The third kappa shape index (κ3) is 3.55. The van der Waals surface area contributed by atoms with Gasteiger partial charge in [-0.2, -0.15) is 0 Å². The van der Waals surface area contributed by atoms with E-state index in [-0.39, 0.29) is 12.0 Å². The predicted molar refractivity (Wildman–Crippen MR) is 124 cm³/mol. The Bertz CT molecular complexity index is 733. The third-order valence-electron chi connectivity index (χ3n) is 10.5. The maximum Gasteiger partial charge on any atom is 0.139 e. The summed E-state index contributed by atoms with van der Waals surface area (Å²) < 4.78 is 0. The number of aliphatic hydroxyl groups is 1. The van der Waals surface area contributed by atoms with E-state index in [0.717, 1.165) is 43.4 Å². The van der Waals surface area contributed by atoms with Crippen molar-refractivity contribution in [1.29, 1.82) is 0 Å². The quantitative estimate of drug-likeness (QED) is 0.500. The monoisotopic (exact) mass is 412 g/mol. The SMILES string of the molecule is CCC(C)=CCC(=O)[C@@H](C)[C@H]1CC[C@H]2[C@@H]3CC=C4C[C@H](O)CC[C@]4(C)[C@H]3CC[C@]12C. The summed E-state index contributed by atoms with van der Waals surface area (Å²) in [7, 11) is 0. The summed E-state index contributed by atoms with van der Waals surface area (Å²) in [4.78, 5) is 13.0. The van der Waals surface area contributed by atoms with Crippen LogP contribution in [-0.2, 0) is 4.79 Å². The molecule has 2 nitrogen and oxygen atoms in total. The van der Waals surface area contributed by atoms with Gasteiger partial charge in [0, 0.05) is 12.3 Å². The minimum absolute atomic E-state index is 0.122. The van der Waals surface area contributed by atoms with Gasteiger partial charge in [0.1, 0.15) is 5.78 Å². The topological polar surface area (TPSA) is 37.3 Å². The molecular formula is C28H44O2. The van der Waals surface area contributed by atoms with Crippen LogP contribution in [0.1, 0.15) is 98.8 Å². The molecule has 0 aromatic rings. The van der Waals surface area contributed by atoms with Crippen molar-refractivity contribution in [3.63, 3.8) is 0 Å². The molecule has 1 N–H and O–H groups in total. The van der Waals surface area contributed by atoms with Crippen molar-refractivity contribution in [2.24, 2.45) is 40.4 Å². The Kier molecular flexibility index (Phi) is 6.12. The minimum atomic E-state index is -0.122. The van der Waals surface area contributed by atoms with Gasteiger partial charge in [0.2, 0.25) is 0 Å². The van der Waals surface area contributed by atoms with Gasteiger partial charge < -0.3 is 5.11 Å². The lowest BCUT2D eigenvalue weighted by Gasteiger charge is -2.58. The maximum absolute atomic E-state index is 13.0. The molecule has 168 valence electrons. The fourth-order valence-corrected chi connectivity index (χ4v) is 8.33. The summed E-state index contributed by atoms with van der Waals surface area (Å²) in [5.74, 6) is 3.53. The molecule has 3 fully saturated rings. The molecule has 8 atom stereocenters. The Morgan fingerprint density at radius 1 is 1.20 bits per heavy atom. The highest BCUT2D eigenvalue weighted by Crippen LogP contribution is 2.67. The normalized spacial score (nSPS) is 44.5. The van der Waals surface area contributed by atoms with Crippen LogP contribution >= 0.6 is 0 Å². The first-order valence-electron chi connectivity index (χ1n) is 12.8. The summed E-state index contributed by atoms with van der Waals surface area (Å²) in [6.07, 6.45) is 15.6. The van der Waals surface area contributed by atoms with E-state index < -0.39 is 0 Å². The van der Waals surface area contributed by atoms with Crippen LogP contribution in [0.4, 0.5) is 0 Å². The number of ketones is 1. The number of hydrogen-bond donors (Lipinski definition) is 1. The van der Waals surface area contributed by atoms with E-state index in [9.17, 15) is 9.90 Å². The molecule has 0 spiro atoms. The zero-order chi connectivity index (χ0) is 21.7. The molecule has 0 radical (unpaired) electrons. The van der Waals surface area contributed by atoms with Crippen LogP contribution in [0.5, 0.6) is 0 Å². The number of hydrogen-bond acceptors (Lipinski definition) is 2. The third-order valence-corrected chi connectivity index (χ3v) is 10.5. The molecule has 0 amide bonds. The molecule has 30 heavy (non-hydrogen) atoms. The van der Waals surface area contributed by atoms with E-state index in [1.54, 1.807) is 5.57 Å². The number of fused-ring (bicyclic) bond motifs is 5. The second-order valence-corrected chi connectivity index (χ2v) is 11.7. The number of Topliss-reactive ketones (excluding diaryl/α,β-unsaturated/α-hetero) is 1. The molecule has 4 aliphatic rings. The van der Waals surface area contributed by atoms with Crippen LogP contribution in [0.3, 0.4) is 0 Å². The van der Waals surface area contributed by atoms with Crippen molar-refractivity contribution in [2.45, 2.75) is 105 Å². The van der Waals surface area contributed by atoms with Gasteiger partial charge in [-0.15, -0.1) is 0 Å². The molecule has 0 bridgehead atoms. The van der Waals surface area contributed by atoms with Crippen molar-refractivity contribution >= 4 is 5.78 Å². The first-order valence-corrected chi connectivity index (χ1v) is 12.8. The first kappa shape index (κ1) is 22.3. The first-order chi connectivity index (χ1) is 14.2. The lowest BCUT2D eigenvalue weighted by molar-refractivity contribution is -0.126. The van der Waals surface area contributed by atoms with Gasteiger partial charge in [0.15, 0.2) is 0 Å². The van der Waals surface area contributed by atoms with Crippen molar-refractivity contribution in [3.05, 3.63) is 23.3 Å². The number of aliphatic hydroxyl groups excluding tert-OH is 1. The minimum Gasteiger partial charge on any atom is -0.393 e. The molecule has 4 rings (SSSR count). The summed E-state index contributed by atoms with van der Waals surface area (Å²) in [6.45, 7) is 11.6. The van der Waals surface area contributed by atoms with Crippen LogP contribution < -0.4 is 0 Å². The highest BCUT2D eigenvalue weighted by atomic mass is 16.3.